The van der Waals surface area contributed by atoms with E-state index in [9.17, 15) is 0 Å². The van der Waals surface area contributed by atoms with E-state index in [1.807, 2.05) is 0 Å². The normalized spacial score (nSPS) is 8.29. The first-order valence-electron chi connectivity index (χ1n) is 0.698. The molecule has 0 spiro atoms. The van der Waals surface area contributed by atoms with E-state index >= 15 is 0 Å². The average Bonchev–Trinajstić information content (AvgIpc) is 0.722. The van der Waals surface area contributed by atoms with Crippen LogP contribution in [-0.2, 0) is 7.67 Å². The Morgan fingerprint density at radius 1 is 1.00 bits per heavy atom. The summed E-state index contributed by atoms with van der Waals surface area (Å²) in [4.78, 5) is 0. The topological polar surface area (TPSA) is 74.6 Å². The Bertz CT molecular complexity index is 92.9. The van der Waals surface area contributed by atoms with Crippen LogP contribution in [0.3, 0.4) is 0 Å². The first-order chi connectivity index (χ1) is 2.00. The van der Waals surface area contributed by atoms with Crippen LogP contribution in [0.2, 0.25) is 0 Å². The molecule has 0 bridgehead atoms. The van der Waals surface area contributed by atoms with Gasteiger partial charge in [0, 0.05) is 103 Å². The van der Waals surface area contributed by atoms with Crippen molar-refractivity contribution < 1.29 is 16.0 Å². The molecule has 0 heterocycles. The van der Waals surface area contributed by atoms with Gasteiger partial charge in [-0.2, -0.15) is 0 Å². The average molecular weight is 223 g/mol. The molecule has 4 nitrogen and oxygen atoms in total. The Labute approximate surface area is 128 Å². The Morgan fingerprint density at radius 2 is 1.00 bits per heavy atom. The predicted octanol–water partition coefficient (Wildman–Crippen LogP) is -2.49. The fourth-order valence-corrected chi connectivity index (χ4v) is 0. The van der Waals surface area contributed by atoms with Crippen molar-refractivity contribution >= 4 is 116 Å². The van der Waals surface area contributed by atoms with Gasteiger partial charge in [-0.3, -0.25) is 0 Å². The molecule has 0 rings (SSSR count). The van der Waals surface area contributed by atoms with E-state index in [0.717, 1.165) is 0 Å². The van der Waals surface area contributed by atoms with E-state index in [-0.39, 0.29) is 103 Å². The number of hydrogen-bond acceptors (Lipinski definition) is 2. The number of rotatable bonds is 0. The summed E-state index contributed by atoms with van der Waals surface area (Å²) in [6.45, 7) is 0. The second-order valence-corrected chi connectivity index (χ2v) is 2.33. The van der Waals surface area contributed by atoms with Gasteiger partial charge in [-0.05, 0) is 0 Å². The first-order valence-corrected chi connectivity index (χ1v) is 3.63. The predicted molar refractivity (Wildman–Crippen MR) is 23.1 cm³/mol. The Hall–Kier alpha value is 3.31. The molecule has 7 heavy (non-hydrogen) atoms. The molecule has 0 fully saturated rings. The zero-order valence-electron chi connectivity index (χ0n) is 4.12. The second-order valence-electron chi connectivity index (χ2n) is 0.448. The van der Waals surface area contributed by atoms with Crippen LogP contribution in [0, 0.1) is 0 Å². The molecule has 0 aromatic carbocycles. The maximum absolute atomic E-state index is 8.82. The van der Waals surface area contributed by atoms with Gasteiger partial charge in [0.25, 0.3) is 0 Å². The van der Waals surface area contributed by atoms with Crippen LogP contribution in [0.25, 0.3) is 0 Å². The minimum absolute atomic E-state index is 0. The molecule has 0 aromatic rings. The van der Waals surface area contributed by atoms with Crippen LogP contribution in [0.4, 0.5) is 0 Å². The van der Waals surface area contributed by atoms with Gasteiger partial charge >= 0.3 is 29.4 Å². The molecule has 0 atom stereocenters. The summed E-state index contributed by atoms with van der Waals surface area (Å²) >= 11 is -5.25. The van der Waals surface area contributed by atoms with Crippen molar-refractivity contribution in [2.45, 2.75) is 0 Å². The molecule has 2 radical (unpaired) electrons. The molecule has 0 amide bonds. The first kappa shape index (κ1) is 16.7. The number of hydrogen-bond donors (Lipinski definition) is 2. The van der Waals surface area contributed by atoms with Crippen molar-refractivity contribution in [1.29, 1.82) is 0 Å². The molecule has 7 heteroatoms. The van der Waals surface area contributed by atoms with Crippen molar-refractivity contribution in [2.24, 2.45) is 0 Å². The van der Waals surface area contributed by atoms with Crippen molar-refractivity contribution in [3.63, 3.8) is 0 Å². The summed E-state index contributed by atoms with van der Waals surface area (Å²) in [6.07, 6.45) is 0. The van der Waals surface area contributed by atoms with Crippen LogP contribution in [0.15, 0.2) is 0 Å². The summed E-state index contributed by atoms with van der Waals surface area (Å²) in [5, 5.41) is 0. The zero-order valence-corrected chi connectivity index (χ0v) is 12.1. The maximum Gasteiger partial charge on any atom is 0 e. The minimum Gasteiger partial charge on any atom is 0 e. The van der Waals surface area contributed by atoms with Gasteiger partial charge in [0.15, 0.2) is 0 Å². The largest absolute Gasteiger partial charge is 0 e. The van der Waals surface area contributed by atoms with Gasteiger partial charge in [0.2, 0.25) is 0 Å². The molecule has 0 aromatic heterocycles. The van der Waals surface area contributed by atoms with Gasteiger partial charge in [-0.25, -0.2) is 0 Å². The van der Waals surface area contributed by atoms with Crippen molar-refractivity contribution in [1.82, 2.24) is 0 Å². The van der Waals surface area contributed by atoms with E-state index < -0.39 is 13.4 Å². The molecule has 0 unspecified atom stereocenters. The van der Waals surface area contributed by atoms with E-state index in [0.29, 0.717) is 0 Å². The van der Waals surface area contributed by atoms with Gasteiger partial charge in [-0.1, -0.05) is 0 Å². The van der Waals surface area contributed by atoms with E-state index in [2.05, 4.69) is 0 Å². The summed E-state index contributed by atoms with van der Waals surface area (Å²) in [5.74, 6) is 0. The maximum atomic E-state index is 8.82. The third-order valence-corrected chi connectivity index (χ3v) is 0. The Kier molecular flexibility index (Phi) is 17.7. The van der Waals surface area contributed by atoms with Crippen molar-refractivity contribution in [3.05, 3.63) is 0 Å². The zero-order chi connectivity index (χ0) is 4.50. The van der Waals surface area contributed by atoms with E-state index in [1.165, 1.54) is 0 Å². The summed E-state index contributed by atoms with van der Waals surface area (Å²) < 4.78 is 31.9. The Morgan fingerprint density at radius 3 is 1.00 bits per heavy atom. The molecule has 34 valence electrons. The molecule has 0 aliphatic carbocycles. The fraction of sp³-hybridized carbons (Fsp3) is 0. The van der Waals surface area contributed by atoms with Crippen molar-refractivity contribution in [3.8, 4) is 0 Å². The second kappa shape index (κ2) is 7.42. The quantitative estimate of drug-likeness (QED) is 0.445. The Balaban J connectivity index is -0.0000000800. The summed E-state index contributed by atoms with van der Waals surface area (Å²) in [6, 6.07) is 0. The monoisotopic (exact) mass is 224 g/mol. The van der Waals surface area contributed by atoms with Crippen LogP contribution in [-0.4, -0.2) is 125 Å². The van der Waals surface area contributed by atoms with E-state index in [4.69, 9.17) is 16.0 Å². The molecule has 0 saturated heterocycles. The van der Waals surface area contributed by atoms with Crippen molar-refractivity contribution in [2.75, 3.05) is 0 Å². The van der Waals surface area contributed by atoms with E-state index in [1.54, 1.807) is 0 Å². The van der Waals surface area contributed by atoms with Crippen LogP contribution < -0.4 is 0 Å². The standard InChI is InChI=1S/2K.H2O4Se/c;;1-5(2,3)4/h;;(H2,1,2,3,4). The van der Waals surface area contributed by atoms with Crippen LogP contribution in [0.1, 0.15) is 0 Å². The van der Waals surface area contributed by atoms with Crippen LogP contribution in [0.5, 0.6) is 0 Å². The van der Waals surface area contributed by atoms with Gasteiger partial charge < -0.3 is 0 Å². The smallest absolute Gasteiger partial charge is 0 e. The SMILES string of the molecule is O=[Se](=O)(O)O.[K].[K]. The molecular weight excluding hydrogens is 221 g/mol. The fourth-order valence-electron chi connectivity index (χ4n) is 0. The third kappa shape index (κ3) is 45.4. The van der Waals surface area contributed by atoms with Gasteiger partial charge in [0.1, 0.15) is 0 Å². The molecule has 0 aliphatic heterocycles. The van der Waals surface area contributed by atoms with Gasteiger partial charge in [-0.15, -0.1) is 0 Å². The molecule has 2 N–H and O–H groups in total. The minimum atomic E-state index is -5.25. The molecular formula is H2K2O4Se. The summed E-state index contributed by atoms with van der Waals surface area (Å²) in [5.41, 5.74) is 0. The summed E-state index contributed by atoms with van der Waals surface area (Å²) in [7, 11) is 0. The molecule has 0 aliphatic rings. The van der Waals surface area contributed by atoms with Crippen LogP contribution >= 0.6 is 0 Å². The molecule has 0 saturated carbocycles. The third-order valence-electron chi connectivity index (χ3n) is 0. The van der Waals surface area contributed by atoms with Gasteiger partial charge in [0.05, 0.1) is 0 Å².